The third kappa shape index (κ3) is 3.87. The average Bonchev–Trinajstić information content (AvgIpc) is 2.31. The van der Waals surface area contributed by atoms with Crippen LogP contribution in [-0.2, 0) is 4.74 Å². The molecule has 18 heavy (non-hydrogen) atoms. The maximum atomic E-state index is 12.0. The van der Waals surface area contributed by atoms with E-state index in [1.807, 2.05) is 0 Å². The van der Waals surface area contributed by atoms with Crippen LogP contribution in [-0.4, -0.2) is 54.4 Å². The Labute approximate surface area is 111 Å². The number of aliphatic hydroxyl groups excluding tert-OH is 1. The predicted molar refractivity (Wildman–Crippen MR) is 68.0 cm³/mol. The number of nitrogens with zero attached hydrogens (tertiary/aromatic N) is 1. The summed E-state index contributed by atoms with van der Waals surface area (Å²) in [6.45, 7) is 0.248. The quantitative estimate of drug-likeness (QED) is 0.844. The van der Waals surface area contributed by atoms with Crippen LogP contribution in [0.3, 0.4) is 0 Å². The number of rotatable bonds is 5. The highest BCUT2D eigenvalue weighted by atomic mass is 35.5. The molecule has 0 aliphatic carbocycles. The molecule has 0 fully saturated rings. The molecule has 0 saturated heterocycles. The van der Waals surface area contributed by atoms with E-state index in [1.54, 1.807) is 0 Å². The van der Waals surface area contributed by atoms with Crippen LogP contribution in [0.5, 0.6) is 5.75 Å². The highest BCUT2D eigenvalue weighted by Crippen LogP contribution is 2.22. The minimum absolute atomic E-state index is 0.106. The van der Waals surface area contributed by atoms with E-state index in [-0.39, 0.29) is 24.5 Å². The van der Waals surface area contributed by atoms with Crippen molar-refractivity contribution in [2.75, 3.05) is 27.3 Å². The fourth-order valence-corrected chi connectivity index (χ4v) is 1.70. The summed E-state index contributed by atoms with van der Waals surface area (Å²) in [4.78, 5) is 13.3. The molecule has 1 rings (SSSR count). The van der Waals surface area contributed by atoms with Gasteiger partial charge in [0.2, 0.25) is 0 Å². The largest absolute Gasteiger partial charge is 0.507 e. The average molecular weight is 274 g/mol. The van der Waals surface area contributed by atoms with Crippen LogP contribution < -0.4 is 0 Å². The topological polar surface area (TPSA) is 70.0 Å². The number of hydrogen-bond donors (Lipinski definition) is 2. The van der Waals surface area contributed by atoms with Gasteiger partial charge in [-0.1, -0.05) is 11.6 Å². The Morgan fingerprint density at radius 1 is 1.56 bits per heavy atom. The van der Waals surface area contributed by atoms with Crippen molar-refractivity contribution in [1.82, 2.24) is 4.90 Å². The molecule has 1 amide bonds. The number of phenolic OH excluding ortho intramolecular Hbond substituents is 1. The summed E-state index contributed by atoms with van der Waals surface area (Å²) < 4.78 is 4.77. The molecule has 1 unspecified atom stereocenters. The summed E-state index contributed by atoms with van der Waals surface area (Å²) in [6, 6.07) is 4.24. The molecule has 0 bridgehead atoms. The number of carbonyl (C=O) groups excluding carboxylic acids is 1. The van der Waals surface area contributed by atoms with Crippen molar-refractivity contribution in [3.05, 3.63) is 28.8 Å². The zero-order chi connectivity index (χ0) is 13.7. The van der Waals surface area contributed by atoms with Crippen molar-refractivity contribution in [1.29, 1.82) is 0 Å². The molecule has 0 saturated carbocycles. The Kier molecular flexibility index (Phi) is 5.40. The number of halogens is 1. The van der Waals surface area contributed by atoms with Crippen molar-refractivity contribution < 1.29 is 19.7 Å². The molecule has 0 aliphatic heterocycles. The second kappa shape index (κ2) is 6.58. The van der Waals surface area contributed by atoms with Gasteiger partial charge in [-0.05, 0) is 18.2 Å². The molecule has 0 heterocycles. The number of carbonyl (C=O) groups is 1. The van der Waals surface area contributed by atoms with E-state index in [0.717, 1.165) is 0 Å². The summed E-state index contributed by atoms with van der Waals surface area (Å²) in [5.41, 5.74) is 0.106. The molecule has 2 N–H and O–H groups in total. The molecule has 100 valence electrons. The van der Waals surface area contributed by atoms with Crippen molar-refractivity contribution in [3.63, 3.8) is 0 Å². The molecule has 1 atom stereocenters. The van der Waals surface area contributed by atoms with E-state index in [0.29, 0.717) is 5.02 Å². The first-order chi connectivity index (χ1) is 8.45. The third-order valence-corrected chi connectivity index (χ3v) is 2.61. The smallest absolute Gasteiger partial charge is 0.257 e. The summed E-state index contributed by atoms with van der Waals surface area (Å²) in [5, 5.41) is 19.5. The zero-order valence-electron chi connectivity index (χ0n) is 10.3. The number of methoxy groups -OCH3 is 1. The Bertz CT molecular complexity index is 425. The van der Waals surface area contributed by atoms with Crippen molar-refractivity contribution >= 4 is 17.5 Å². The molecular weight excluding hydrogens is 258 g/mol. The second-order valence-electron chi connectivity index (χ2n) is 3.96. The van der Waals surface area contributed by atoms with Crippen molar-refractivity contribution in [2.24, 2.45) is 0 Å². The summed E-state index contributed by atoms with van der Waals surface area (Å²) >= 11 is 5.77. The first-order valence-corrected chi connectivity index (χ1v) is 5.74. The lowest BCUT2D eigenvalue weighted by Crippen LogP contribution is -2.36. The van der Waals surface area contributed by atoms with Gasteiger partial charge in [-0.25, -0.2) is 0 Å². The second-order valence-corrected chi connectivity index (χ2v) is 4.39. The highest BCUT2D eigenvalue weighted by molar-refractivity contribution is 6.31. The first-order valence-electron chi connectivity index (χ1n) is 5.36. The molecule has 1 aromatic carbocycles. The first kappa shape index (κ1) is 14.8. The van der Waals surface area contributed by atoms with Gasteiger partial charge in [-0.15, -0.1) is 0 Å². The summed E-state index contributed by atoms with van der Waals surface area (Å²) in [6.07, 6.45) is -0.773. The van der Waals surface area contributed by atoms with Crippen LogP contribution >= 0.6 is 11.6 Å². The van der Waals surface area contributed by atoms with E-state index in [9.17, 15) is 15.0 Å². The monoisotopic (exact) mass is 273 g/mol. The van der Waals surface area contributed by atoms with Gasteiger partial charge in [-0.2, -0.15) is 0 Å². The number of amides is 1. The van der Waals surface area contributed by atoms with Gasteiger partial charge in [0, 0.05) is 25.7 Å². The molecular formula is C12H16ClNO4. The standard InChI is InChI=1S/C12H16ClNO4/c1-14(6-9(15)7-18-2)12(17)10-5-8(13)3-4-11(10)16/h3-5,9,15-16H,6-7H2,1-2H3. The fourth-order valence-electron chi connectivity index (χ4n) is 1.53. The molecule has 0 spiro atoms. The zero-order valence-corrected chi connectivity index (χ0v) is 11.0. The Morgan fingerprint density at radius 3 is 2.83 bits per heavy atom. The lowest BCUT2D eigenvalue weighted by molar-refractivity contribution is 0.0379. The number of aromatic hydroxyl groups is 1. The SMILES string of the molecule is COCC(O)CN(C)C(=O)c1cc(Cl)ccc1O. The number of aliphatic hydroxyl groups is 1. The van der Waals surface area contributed by atoms with Gasteiger partial charge in [0.1, 0.15) is 5.75 Å². The molecule has 0 aromatic heterocycles. The minimum atomic E-state index is -0.773. The Hall–Kier alpha value is -1.30. The number of hydrogen-bond acceptors (Lipinski definition) is 4. The summed E-state index contributed by atoms with van der Waals surface area (Å²) in [7, 11) is 3.00. The normalized spacial score (nSPS) is 12.2. The van der Waals surface area contributed by atoms with Crippen molar-refractivity contribution in [3.8, 4) is 5.75 Å². The van der Waals surface area contributed by atoms with Gasteiger partial charge in [0.05, 0.1) is 18.3 Å². The fraction of sp³-hybridized carbons (Fsp3) is 0.417. The lowest BCUT2D eigenvalue weighted by Gasteiger charge is -2.21. The van der Waals surface area contributed by atoms with E-state index < -0.39 is 12.0 Å². The van der Waals surface area contributed by atoms with Crippen molar-refractivity contribution in [2.45, 2.75) is 6.10 Å². The highest BCUT2D eigenvalue weighted by Gasteiger charge is 2.18. The summed E-state index contributed by atoms with van der Waals surface area (Å²) in [5.74, 6) is -0.553. The number of ether oxygens (including phenoxy) is 1. The van der Waals surface area contributed by atoms with Crippen LogP contribution in [0.2, 0.25) is 5.02 Å². The van der Waals surface area contributed by atoms with Crippen LogP contribution in [0.4, 0.5) is 0 Å². The molecule has 0 aliphatic rings. The number of phenols is 1. The molecule has 6 heteroatoms. The maximum absolute atomic E-state index is 12.0. The minimum Gasteiger partial charge on any atom is -0.507 e. The lowest BCUT2D eigenvalue weighted by atomic mass is 10.1. The van der Waals surface area contributed by atoms with E-state index in [4.69, 9.17) is 16.3 Å². The van der Waals surface area contributed by atoms with E-state index in [1.165, 1.54) is 37.3 Å². The van der Waals surface area contributed by atoms with Gasteiger partial charge < -0.3 is 19.8 Å². The third-order valence-electron chi connectivity index (χ3n) is 2.38. The van der Waals surface area contributed by atoms with Gasteiger partial charge in [0.15, 0.2) is 0 Å². The number of likely N-dealkylation sites (N-methyl/N-ethyl adjacent to an activating group) is 1. The van der Waals surface area contributed by atoms with Crippen LogP contribution in [0.25, 0.3) is 0 Å². The molecule has 5 nitrogen and oxygen atoms in total. The Morgan fingerprint density at radius 2 is 2.22 bits per heavy atom. The van der Waals surface area contributed by atoms with Gasteiger partial charge in [-0.3, -0.25) is 4.79 Å². The maximum Gasteiger partial charge on any atom is 0.257 e. The Balaban J connectivity index is 2.77. The van der Waals surface area contributed by atoms with Crippen LogP contribution in [0, 0.1) is 0 Å². The predicted octanol–water partition coefficient (Wildman–Crippen LogP) is 1.12. The van der Waals surface area contributed by atoms with Crippen LogP contribution in [0.1, 0.15) is 10.4 Å². The van der Waals surface area contributed by atoms with Crippen LogP contribution in [0.15, 0.2) is 18.2 Å². The molecule has 0 radical (unpaired) electrons. The van der Waals surface area contributed by atoms with Gasteiger partial charge >= 0.3 is 0 Å². The molecule has 1 aromatic rings. The van der Waals surface area contributed by atoms with Gasteiger partial charge in [0.25, 0.3) is 5.91 Å². The van der Waals surface area contributed by atoms with E-state index in [2.05, 4.69) is 0 Å². The van der Waals surface area contributed by atoms with E-state index >= 15 is 0 Å². The number of benzene rings is 1.